The minimum Gasteiger partial charge on any atom is -0.255 e. The molecule has 0 unspecified atom stereocenters. The number of hydrogen-bond acceptors (Lipinski definition) is 4. The Labute approximate surface area is 142 Å². The molecular formula is C18H10ClFN4. The van der Waals surface area contributed by atoms with E-state index in [0.717, 1.165) is 0 Å². The molecule has 0 radical (unpaired) electrons. The van der Waals surface area contributed by atoms with Gasteiger partial charge >= 0.3 is 0 Å². The SMILES string of the molecule is Fc1ccc(Cl)cc1-c1ncccc1-c1ccc2nccnc2n1. The second-order valence-corrected chi connectivity index (χ2v) is 5.56. The molecule has 0 aliphatic carbocycles. The standard InChI is InChI=1S/C18H10ClFN4/c19-11-3-4-14(20)13(10-11)17-12(2-1-7-22-17)15-5-6-16-18(24-15)23-9-8-21-16/h1-10H. The van der Waals surface area contributed by atoms with E-state index in [9.17, 15) is 4.39 Å². The molecule has 0 aliphatic heterocycles. The first-order chi connectivity index (χ1) is 11.7. The molecule has 6 heteroatoms. The fourth-order valence-corrected chi connectivity index (χ4v) is 2.68. The van der Waals surface area contributed by atoms with Crippen LogP contribution in [0, 0.1) is 5.82 Å². The van der Waals surface area contributed by atoms with Gasteiger partial charge in [-0.25, -0.2) is 14.4 Å². The third-order valence-corrected chi connectivity index (χ3v) is 3.83. The van der Waals surface area contributed by atoms with Crippen LogP contribution in [0.15, 0.2) is 61.1 Å². The molecule has 0 bridgehead atoms. The van der Waals surface area contributed by atoms with Crippen molar-refractivity contribution in [3.63, 3.8) is 0 Å². The number of rotatable bonds is 2. The maximum absolute atomic E-state index is 14.3. The van der Waals surface area contributed by atoms with E-state index in [1.807, 2.05) is 18.2 Å². The second-order valence-electron chi connectivity index (χ2n) is 5.12. The first kappa shape index (κ1) is 14.7. The minimum atomic E-state index is -0.389. The van der Waals surface area contributed by atoms with Crippen molar-refractivity contribution in [3.8, 4) is 22.5 Å². The smallest absolute Gasteiger partial charge is 0.178 e. The van der Waals surface area contributed by atoms with Crippen LogP contribution in [0.5, 0.6) is 0 Å². The predicted molar refractivity (Wildman–Crippen MR) is 91.0 cm³/mol. The first-order valence-electron chi connectivity index (χ1n) is 7.21. The quantitative estimate of drug-likeness (QED) is 0.539. The van der Waals surface area contributed by atoms with E-state index in [0.29, 0.717) is 38.7 Å². The number of hydrogen-bond donors (Lipinski definition) is 0. The lowest BCUT2D eigenvalue weighted by Gasteiger charge is -2.10. The molecule has 24 heavy (non-hydrogen) atoms. The van der Waals surface area contributed by atoms with Crippen LogP contribution in [-0.4, -0.2) is 19.9 Å². The van der Waals surface area contributed by atoms with Gasteiger partial charge < -0.3 is 0 Å². The Bertz CT molecular complexity index is 1050. The lowest BCUT2D eigenvalue weighted by atomic mass is 10.0. The van der Waals surface area contributed by atoms with E-state index >= 15 is 0 Å². The maximum atomic E-state index is 14.3. The number of fused-ring (bicyclic) bond motifs is 1. The summed E-state index contributed by atoms with van der Waals surface area (Å²) in [4.78, 5) is 17.3. The van der Waals surface area contributed by atoms with Crippen LogP contribution >= 0.6 is 11.6 Å². The van der Waals surface area contributed by atoms with E-state index in [1.54, 1.807) is 30.7 Å². The molecule has 3 heterocycles. The number of pyridine rings is 2. The Balaban J connectivity index is 1.94. The molecule has 0 fully saturated rings. The van der Waals surface area contributed by atoms with E-state index in [4.69, 9.17) is 11.6 Å². The zero-order valence-electron chi connectivity index (χ0n) is 12.3. The van der Waals surface area contributed by atoms with Crippen LogP contribution in [0.2, 0.25) is 5.02 Å². The van der Waals surface area contributed by atoms with Crippen LogP contribution < -0.4 is 0 Å². The summed E-state index contributed by atoms with van der Waals surface area (Å²) in [7, 11) is 0. The molecule has 116 valence electrons. The molecule has 3 aromatic heterocycles. The summed E-state index contributed by atoms with van der Waals surface area (Å²) in [5.41, 5.74) is 3.38. The first-order valence-corrected chi connectivity index (χ1v) is 7.59. The molecule has 0 atom stereocenters. The Kier molecular flexibility index (Phi) is 3.63. The Morgan fingerprint density at radius 1 is 0.833 bits per heavy atom. The van der Waals surface area contributed by atoms with E-state index in [2.05, 4.69) is 19.9 Å². The lowest BCUT2D eigenvalue weighted by Crippen LogP contribution is -1.95. The summed E-state index contributed by atoms with van der Waals surface area (Å²) in [6.45, 7) is 0. The molecule has 0 N–H and O–H groups in total. The highest BCUT2D eigenvalue weighted by Crippen LogP contribution is 2.32. The van der Waals surface area contributed by atoms with Crippen LogP contribution in [0.1, 0.15) is 0 Å². The third-order valence-electron chi connectivity index (χ3n) is 3.60. The van der Waals surface area contributed by atoms with Crippen molar-refractivity contribution in [1.29, 1.82) is 0 Å². The highest BCUT2D eigenvalue weighted by Gasteiger charge is 2.14. The summed E-state index contributed by atoms with van der Waals surface area (Å²) in [6.07, 6.45) is 4.81. The fourth-order valence-electron chi connectivity index (χ4n) is 2.51. The largest absolute Gasteiger partial charge is 0.255 e. The normalized spacial score (nSPS) is 10.9. The number of nitrogens with zero attached hydrogens (tertiary/aromatic N) is 4. The second kappa shape index (κ2) is 5.94. The summed E-state index contributed by atoms with van der Waals surface area (Å²) in [5, 5.41) is 0.445. The molecule has 4 nitrogen and oxygen atoms in total. The maximum Gasteiger partial charge on any atom is 0.178 e. The highest BCUT2D eigenvalue weighted by molar-refractivity contribution is 6.30. The summed E-state index contributed by atoms with van der Waals surface area (Å²) < 4.78 is 14.3. The zero-order chi connectivity index (χ0) is 16.5. The average Bonchev–Trinajstić information content (AvgIpc) is 2.63. The van der Waals surface area contributed by atoms with Crippen molar-refractivity contribution in [2.24, 2.45) is 0 Å². The van der Waals surface area contributed by atoms with Gasteiger partial charge in [-0.2, -0.15) is 0 Å². The summed E-state index contributed by atoms with van der Waals surface area (Å²) >= 11 is 6.01. The predicted octanol–water partition coefficient (Wildman–Crippen LogP) is 4.55. The Morgan fingerprint density at radius 3 is 2.62 bits per heavy atom. The van der Waals surface area contributed by atoms with Crippen molar-refractivity contribution >= 4 is 22.8 Å². The van der Waals surface area contributed by atoms with Gasteiger partial charge in [-0.1, -0.05) is 11.6 Å². The van der Waals surface area contributed by atoms with Crippen molar-refractivity contribution in [2.45, 2.75) is 0 Å². The van der Waals surface area contributed by atoms with Gasteiger partial charge in [0.1, 0.15) is 11.3 Å². The van der Waals surface area contributed by atoms with Gasteiger partial charge in [-0.15, -0.1) is 0 Å². The Morgan fingerprint density at radius 2 is 1.71 bits per heavy atom. The number of aromatic nitrogens is 4. The minimum absolute atomic E-state index is 0.333. The molecule has 4 rings (SSSR count). The highest BCUT2D eigenvalue weighted by atomic mass is 35.5. The number of benzene rings is 1. The van der Waals surface area contributed by atoms with E-state index < -0.39 is 0 Å². The topological polar surface area (TPSA) is 51.6 Å². The molecule has 0 amide bonds. The van der Waals surface area contributed by atoms with Gasteiger partial charge in [0.25, 0.3) is 0 Å². The third kappa shape index (κ3) is 2.59. The Hall–Kier alpha value is -2.92. The van der Waals surface area contributed by atoms with Crippen molar-refractivity contribution in [3.05, 3.63) is 71.9 Å². The van der Waals surface area contributed by atoms with Crippen LogP contribution in [0.3, 0.4) is 0 Å². The fraction of sp³-hybridized carbons (Fsp3) is 0. The van der Waals surface area contributed by atoms with Gasteiger partial charge in [0.15, 0.2) is 5.65 Å². The van der Waals surface area contributed by atoms with E-state index in [-0.39, 0.29) is 5.82 Å². The van der Waals surface area contributed by atoms with E-state index in [1.165, 1.54) is 12.1 Å². The van der Waals surface area contributed by atoms with Crippen molar-refractivity contribution in [2.75, 3.05) is 0 Å². The van der Waals surface area contributed by atoms with Gasteiger partial charge in [0, 0.05) is 34.7 Å². The lowest BCUT2D eigenvalue weighted by molar-refractivity contribution is 0.631. The monoisotopic (exact) mass is 336 g/mol. The molecule has 0 aliphatic rings. The molecule has 0 saturated carbocycles. The van der Waals surface area contributed by atoms with Crippen LogP contribution in [-0.2, 0) is 0 Å². The summed E-state index contributed by atoms with van der Waals surface area (Å²) in [6, 6.07) is 11.7. The summed E-state index contributed by atoms with van der Waals surface area (Å²) in [5.74, 6) is -0.389. The van der Waals surface area contributed by atoms with Gasteiger partial charge in [0.2, 0.25) is 0 Å². The molecular weight excluding hydrogens is 327 g/mol. The van der Waals surface area contributed by atoms with Crippen molar-refractivity contribution < 1.29 is 4.39 Å². The average molecular weight is 337 g/mol. The zero-order valence-corrected chi connectivity index (χ0v) is 13.1. The molecule has 0 spiro atoms. The molecule has 4 aromatic rings. The van der Waals surface area contributed by atoms with Crippen LogP contribution in [0.4, 0.5) is 4.39 Å². The van der Waals surface area contributed by atoms with Gasteiger partial charge in [0.05, 0.1) is 11.4 Å². The van der Waals surface area contributed by atoms with Crippen molar-refractivity contribution in [1.82, 2.24) is 19.9 Å². The van der Waals surface area contributed by atoms with Crippen LogP contribution in [0.25, 0.3) is 33.7 Å². The molecule has 0 saturated heterocycles. The molecule has 1 aromatic carbocycles. The van der Waals surface area contributed by atoms with Gasteiger partial charge in [-0.3, -0.25) is 9.97 Å². The number of halogens is 2. The van der Waals surface area contributed by atoms with Gasteiger partial charge in [-0.05, 0) is 42.5 Å².